The number of anilines is 2. The monoisotopic (exact) mass is 294 g/mol. The first-order valence-electron chi connectivity index (χ1n) is 5.28. The maximum atomic E-state index is 6.14. The highest BCUT2D eigenvalue weighted by molar-refractivity contribution is 6.37. The zero-order valence-electron chi connectivity index (χ0n) is 9.48. The van der Waals surface area contributed by atoms with Crippen LogP contribution in [0.1, 0.15) is 0 Å². The Kier molecular flexibility index (Phi) is 2.69. The van der Waals surface area contributed by atoms with Crippen LogP contribution in [-0.2, 0) is 0 Å². The van der Waals surface area contributed by atoms with Gasteiger partial charge in [0, 0.05) is 0 Å². The molecule has 5 N–H and O–H groups in total. The minimum atomic E-state index is 0.306. The van der Waals surface area contributed by atoms with Crippen molar-refractivity contribution in [2.75, 3.05) is 11.5 Å². The Morgan fingerprint density at radius 2 is 1.79 bits per heavy atom. The Balaban J connectivity index is 2.31. The predicted molar refractivity (Wildman–Crippen MR) is 76.0 cm³/mol. The lowest BCUT2D eigenvalue weighted by atomic mass is 10.1. The van der Waals surface area contributed by atoms with Gasteiger partial charge >= 0.3 is 0 Å². The number of imidazole rings is 1. The van der Waals surface area contributed by atoms with E-state index in [1.165, 1.54) is 6.33 Å². The normalized spacial score (nSPS) is 11.1. The largest absolute Gasteiger partial charge is 0.397 e. The molecule has 0 fully saturated rings. The Morgan fingerprint density at radius 3 is 2.53 bits per heavy atom. The van der Waals surface area contributed by atoms with Crippen molar-refractivity contribution in [3.8, 4) is 11.4 Å². The van der Waals surface area contributed by atoms with E-state index in [1.807, 2.05) is 0 Å². The van der Waals surface area contributed by atoms with Gasteiger partial charge in [0.25, 0.3) is 0 Å². The zero-order valence-corrected chi connectivity index (χ0v) is 11.0. The van der Waals surface area contributed by atoms with Gasteiger partial charge in [-0.2, -0.15) is 0 Å². The van der Waals surface area contributed by atoms with E-state index in [2.05, 4.69) is 19.9 Å². The standard InChI is InChI=1S/C11H8Cl2N6/c12-4-1-2-5(13)7(14)6(4)10-18-8-9(15)16-3-17-11(8)19-10/h1-3H,14H2,(H3,15,16,17,18,19). The molecule has 0 aliphatic heterocycles. The number of benzene rings is 1. The molecule has 0 aliphatic rings. The number of halogens is 2. The number of aromatic nitrogens is 4. The summed E-state index contributed by atoms with van der Waals surface area (Å²) in [6.07, 6.45) is 1.34. The van der Waals surface area contributed by atoms with E-state index in [9.17, 15) is 0 Å². The van der Waals surface area contributed by atoms with Crippen molar-refractivity contribution in [2.45, 2.75) is 0 Å². The molecular formula is C11H8Cl2N6. The second-order valence-electron chi connectivity index (χ2n) is 3.86. The molecule has 6 nitrogen and oxygen atoms in total. The number of nitrogen functional groups attached to an aromatic ring is 2. The van der Waals surface area contributed by atoms with Crippen LogP contribution in [0.2, 0.25) is 10.0 Å². The molecule has 8 heteroatoms. The molecule has 3 aromatic rings. The first kappa shape index (κ1) is 12.0. The van der Waals surface area contributed by atoms with Crippen LogP contribution in [0.4, 0.5) is 11.5 Å². The zero-order chi connectivity index (χ0) is 13.6. The van der Waals surface area contributed by atoms with Gasteiger partial charge in [0.1, 0.15) is 17.7 Å². The molecule has 0 unspecified atom stereocenters. The van der Waals surface area contributed by atoms with Crippen molar-refractivity contribution in [3.63, 3.8) is 0 Å². The number of fused-ring (bicyclic) bond motifs is 1. The third kappa shape index (κ3) is 1.85. The van der Waals surface area contributed by atoms with Crippen LogP contribution in [0, 0.1) is 0 Å². The maximum Gasteiger partial charge on any atom is 0.183 e. The van der Waals surface area contributed by atoms with E-state index in [4.69, 9.17) is 34.7 Å². The van der Waals surface area contributed by atoms with Gasteiger partial charge in [0.15, 0.2) is 11.5 Å². The molecule has 96 valence electrons. The van der Waals surface area contributed by atoms with Crippen molar-refractivity contribution < 1.29 is 0 Å². The van der Waals surface area contributed by atoms with Crippen molar-refractivity contribution in [1.82, 2.24) is 19.9 Å². The van der Waals surface area contributed by atoms with E-state index >= 15 is 0 Å². The molecule has 0 bridgehead atoms. The number of nitrogens with one attached hydrogen (secondary N) is 1. The van der Waals surface area contributed by atoms with E-state index in [-0.39, 0.29) is 0 Å². The SMILES string of the molecule is Nc1c(Cl)ccc(Cl)c1-c1nc2ncnc(N)c2[nH]1. The van der Waals surface area contributed by atoms with E-state index in [0.717, 1.165) is 0 Å². The smallest absolute Gasteiger partial charge is 0.183 e. The summed E-state index contributed by atoms with van der Waals surface area (Å²) in [7, 11) is 0. The van der Waals surface area contributed by atoms with Crippen LogP contribution in [0.25, 0.3) is 22.6 Å². The van der Waals surface area contributed by atoms with Crippen LogP contribution >= 0.6 is 23.2 Å². The molecule has 0 saturated carbocycles. The molecular weight excluding hydrogens is 287 g/mol. The number of H-pyrrole nitrogens is 1. The highest BCUT2D eigenvalue weighted by Gasteiger charge is 2.16. The molecule has 19 heavy (non-hydrogen) atoms. The molecule has 3 rings (SSSR count). The number of hydrogen-bond donors (Lipinski definition) is 3. The molecule has 0 amide bonds. The third-order valence-corrected chi connectivity index (χ3v) is 3.34. The van der Waals surface area contributed by atoms with Crippen molar-refractivity contribution in [3.05, 3.63) is 28.5 Å². The van der Waals surface area contributed by atoms with Crippen LogP contribution in [-0.4, -0.2) is 19.9 Å². The van der Waals surface area contributed by atoms with Crippen molar-refractivity contribution in [2.24, 2.45) is 0 Å². The lowest BCUT2D eigenvalue weighted by Gasteiger charge is -2.06. The lowest BCUT2D eigenvalue weighted by molar-refractivity contribution is 1.21. The topological polar surface area (TPSA) is 106 Å². The number of nitrogens with two attached hydrogens (primary N) is 2. The van der Waals surface area contributed by atoms with Crippen LogP contribution in [0.15, 0.2) is 18.5 Å². The molecule has 0 atom stereocenters. The molecule has 2 heterocycles. The van der Waals surface area contributed by atoms with Crippen molar-refractivity contribution >= 4 is 45.9 Å². The van der Waals surface area contributed by atoms with E-state index in [1.54, 1.807) is 12.1 Å². The van der Waals surface area contributed by atoms with Crippen LogP contribution < -0.4 is 11.5 Å². The van der Waals surface area contributed by atoms with Gasteiger partial charge in [0.2, 0.25) is 0 Å². The Morgan fingerprint density at radius 1 is 1.05 bits per heavy atom. The number of rotatable bonds is 1. The second kappa shape index (κ2) is 4.25. The lowest BCUT2D eigenvalue weighted by Crippen LogP contribution is -1.94. The molecule has 0 saturated heterocycles. The minimum absolute atomic E-state index is 0.306. The Labute approximate surface area is 117 Å². The summed E-state index contributed by atoms with van der Waals surface area (Å²) < 4.78 is 0. The van der Waals surface area contributed by atoms with Crippen molar-refractivity contribution in [1.29, 1.82) is 0 Å². The summed E-state index contributed by atoms with van der Waals surface area (Å²) in [5, 5.41) is 0.839. The average molecular weight is 295 g/mol. The molecule has 2 aromatic heterocycles. The number of nitrogens with zero attached hydrogens (tertiary/aromatic N) is 3. The first-order valence-corrected chi connectivity index (χ1v) is 6.03. The molecule has 1 aromatic carbocycles. The predicted octanol–water partition coefficient (Wildman–Crippen LogP) is 2.49. The van der Waals surface area contributed by atoms with Gasteiger partial charge < -0.3 is 16.5 Å². The Hall–Kier alpha value is -2.05. The first-order chi connectivity index (χ1) is 9.08. The fourth-order valence-electron chi connectivity index (χ4n) is 1.77. The molecule has 0 spiro atoms. The van der Waals surface area contributed by atoms with Crippen LogP contribution in [0.3, 0.4) is 0 Å². The minimum Gasteiger partial charge on any atom is -0.397 e. The second-order valence-corrected chi connectivity index (χ2v) is 4.68. The molecule has 0 aliphatic carbocycles. The number of aromatic amines is 1. The van der Waals surface area contributed by atoms with Gasteiger partial charge in [-0.25, -0.2) is 15.0 Å². The quantitative estimate of drug-likeness (QED) is 0.598. The third-order valence-electron chi connectivity index (χ3n) is 2.70. The maximum absolute atomic E-state index is 6.14. The van der Waals surface area contributed by atoms with Gasteiger partial charge in [-0.05, 0) is 12.1 Å². The average Bonchev–Trinajstić information content (AvgIpc) is 2.80. The summed E-state index contributed by atoms with van der Waals surface area (Å²) >= 11 is 12.1. The van der Waals surface area contributed by atoms with E-state index < -0.39 is 0 Å². The number of hydrogen-bond acceptors (Lipinski definition) is 5. The van der Waals surface area contributed by atoms with Gasteiger partial charge in [-0.15, -0.1) is 0 Å². The molecule has 0 radical (unpaired) electrons. The highest BCUT2D eigenvalue weighted by atomic mass is 35.5. The van der Waals surface area contributed by atoms with Gasteiger partial charge in [-0.3, -0.25) is 0 Å². The summed E-state index contributed by atoms with van der Waals surface area (Å²) in [5.74, 6) is 0.757. The van der Waals surface area contributed by atoms with Gasteiger partial charge in [-0.1, -0.05) is 23.2 Å². The summed E-state index contributed by atoms with van der Waals surface area (Å²) in [4.78, 5) is 15.2. The van der Waals surface area contributed by atoms with Crippen LogP contribution in [0.5, 0.6) is 0 Å². The fourth-order valence-corrected chi connectivity index (χ4v) is 2.18. The highest BCUT2D eigenvalue weighted by Crippen LogP contribution is 2.36. The summed E-state index contributed by atoms with van der Waals surface area (Å²) in [6.45, 7) is 0. The summed E-state index contributed by atoms with van der Waals surface area (Å²) in [6, 6.07) is 3.28. The fraction of sp³-hybridized carbons (Fsp3) is 0. The Bertz CT molecular complexity index is 782. The van der Waals surface area contributed by atoms with E-state index in [0.29, 0.717) is 44.1 Å². The van der Waals surface area contributed by atoms with Gasteiger partial charge in [0.05, 0.1) is 21.3 Å². The summed E-state index contributed by atoms with van der Waals surface area (Å²) in [5.41, 5.74) is 13.5.